The lowest BCUT2D eigenvalue weighted by Crippen LogP contribution is -2.54. The highest BCUT2D eigenvalue weighted by atomic mass is 19.1. The van der Waals surface area contributed by atoms with Gasteiger partial charge in [-0.2, -0.15) is 0 Å². The van der Waals surface area contributed by atoms with Gasteiger partial charge in [-0.3, -0.25) is 9.69 Å². The van der Waals surface area contributed by atoms with E-state index in [1.54, 1.807) is 4.90 Å². The summed E-state index contributed by atoms with van der Waals surface area (Å²) in [6.07, 6.45) is 3.16. The zero-order valence-electron chi connectivity index (χ0n) is 17.9. The fraction of sp³-hybridized carbons (Fsp3) is 0.636. The number of rotatable bonds is 3. The number of ether oxygens (including phenoxy) is 1. The van der Waals surface area contributed by atoms with Crippen LogP contribution >= 0.6 is 0 Å². The first kappa shape index (κ1) is 22.5. The average Bonchev–Trinajstić information content (AvgIpc) is 2.69. The minimum absolute atomic E-state index is 0.0422. The zero-order valence-corrected chi connectivity index (χ0v) is 17.9. The lowest BCUT2D eigenvalue weighted by atomic mass is 9.89. The standard InChI is InChI=1S/C22H31F2N3O3/c1-22(2,3)30-21(29)27-12-10-26(11-13-27)17-7-5-16(6-8-17)25-20(28)18-14-15(23)4-9-19(18)24/h4,9,14,16-17H,5-8,10-13H2,1-3H3,(H,25,28). The minimum Gasteiger partial charge on any atom is -0.444 e. The van der Waals surface area contributed by atoms with Crippen LogP contribution in [0.3, 0.4) is 0 Å². The van der Waals surface area contributed by atoms with Crippen LogP contribution in [-0.2, 0) is 4.74 Å². The largest absolute Gasteiger partial charge is 0.444 e. The van der Waals surface area contributed by atoms with Gasteiger partial charge in [-0.15, -0.1) is 0 Å². The molecule has 6 nitrogen and oxygen atoms in total. The fourth-order valence-electron chi connectivity index (χ4n) is 4.12. The van der Waals surface area contributed by atoms with Gasteiger partial charge in [-0.25, -0.2) is 13.6 Å². The summed E-state index contributed by atoms with van der Waals surface area (Å²) in [4.78, 5) is 28.6. The van der Waals surface area contributed by atoms with Gasteiger partial charge in [0.2, 0.25) is 0 Å². The molecule has 0 radical (unpaired) electrons. The number of hydrogen-bond acceptors (Lipinski definition) is 4. The van der Waals surface area contributed by atoms with Crippen molar-refractivity contribution in [2.24, 2.45) is 0 Å². The van der Waals surface area contributed by atoms with E-state index in [2.05, 4.69) is 10.2 Å². The molecule has 1 N–H and O–H groups in total. The molecular weight excluding hydrogens is 392 g/mol. The Labute approximate surface area is 176 Å². The van der Waals surface area contributed by atoms with Gasteiger partial charge in [0.15, 0.2) is 0 Å². The second kappa shape index (κ2) is 9.29. The van der Waals surface area contributed by atoms with Crippen LogP contribution in [0.5, 0.6) is 0 Å². The molecule has 2 aliphatic rings. The van der Waals surface area contributed by atoms with Crippen LogP contribution in [0.4, 0.5) is 13.6 Å². The van der Waals surface area contributed by atoms with E-state index in [0.717, 1.165) is 57.0 Å². The molecule has 0 bridgehead atoms. The molecule has 0 spiro atoms. The molecule has 1 saturated heterocycles. The van der Waals surface area contributed by atoms with Gasteiger partial charge in [-0.05, 0) is 64.7 Å². The van der Waals surface area contributed by atoms with Gasteiger partial charge in [0.05, 0.1) is 5.56 Å². The number of hydrogen-bond donors (Lipinski definition) is 1. The van der Waals surface area contributed by atoms with E-state index in [1.165, 1.54) is 0 Å². The molecule has 2 fully saturated rings. The Balaban J connectivity index is 1.43. The van der Waals surface area contributed by atoms with Gasteiger partial charge < -0.3 is 15.0 Å². The number of piperazine rings is 1. The summed E-state index contributed by atoms with van der Waals surface area (Å²) in [5, 5.41) is 2.84. The molecule has 1 heterocycles. The van der Waals surface area contributed by atoms with Crippen molar-refractivity contribution in [2.45, 2.75) is 64.1 Å². The summed E-state index contributed by atoms with van der Waals surface area (Å²) in [7, 11) is 0. The lowest BCUT2D eigenvalue weighted by molar-refractivity contribution is 0.00775. The molecule has 1 aromatic rings. The van der Waals surface area contributed by atoms with Gasteiger partial charge in [-0.1, -0.05) is 0 Å². The Hall–Kier alpha value is -2.22. The number of carbonyl (C=O) groups excluding carboxylic acids is 2. The van der Waals surface area contributed by atoms with Gasteiger partial charge in [0.25, 0.3) is 5.91 Å². The van der Waals surface area contributed by atoms with Crippen LogP contribution in [0.15, 0.2) is 18.2 Å². The van der Waals surface area contributed by atoms with Crippen molar-refractivity contribution in [2.75, 3.05) is 26.2 Å². The summed E-state index contributed by atoms with van der Waals surface area (Å²) in [6, 6.07) is 3.27. The molecule has 8 heteroatoms. The molecule has 1 saturated carbocycles. The SMILES string of the molecule is CC(C)(C)OC(=O)N1CCN(C2CCC(NC(=O)c3cc(F)ccc3F)CC2)CC1. The molecule has 1 aliphatic heterocycles. The number of nitrogens with zero attached hydrogens (tertiary/aromatic N) is 2. The predicted molar refractivity (Wildman–Crippen MR) is 109 cm³/mol. The third-order valence-corrected chi connectivity index (χ3v) is 5.69. The normalized spacial score (nSPS) is 23.2. The zero-order chi connectivity index (χ0) is 21.9. The van der Waals surface area contributed by atoms with Crippen molar-refractivity contribution < 1.29 is 23.1 Å². The summed E-state index contributed by atoms with van der Waals surface area (Å²) < 4.78 is 32.5. The Morgan fingerprint density at radius 1 is 1.03 bits per heavy atom. The Bertz CT molecular complexity index is 765. The summed E-state index contributed by atoms with van der Waals surface area (Å²) in [5.74, 6) is -1.91. The maximum atomic E-state index is 13.8. The van der Waals surface area contributed by atoms with Crippen molar-refractivity contribution in [3.63, 3.8) is 0 Å². The molecule has 1 aromatic carbocycles. The average molecular weight is 424 g/mol. The van der Waals surface area contributed by atoms with Crippen molar-refractivity contribution in [1.29, 1.82) is 0 Å². The lowest BCUT2D eigenvalue weighted by Gasteiger charge is -2.42. The quantitative estimate of drug-likeness (QED) is 0.808. The maximum absolute atomic E-state index is 13.8. The van der Waals surface area contributed by atoms with Crippen LogP contribution in [0.2, 0.25) is 0 Å². The highest BCUT2D eigenvalue weighted by Gasteiger charge is 2.31. The van der Waals surface area contributed by atoms with E-state index in [-0.39, 0.29) is 17.7 Å². The van der Waals surface area contributed by atoms with E-state index in [4.69, 9.17) is 4.74 Å². The van der Waals surface area contributed by atoms with E-state index in [1.807, 2.05) is 20.8 Å². The number of nitrogens with one attached hydrogen (secondary N) is 1. The fourth-order valence-corrected chi connectivity index (χ4v) is 4.12. The first-order valence-electron chi connectivity index (χ1n) is 10.6. The van der Waals surface area contributed by atoms with Gasteiger partial charge >= 0.3 is 6.09 Å². The van der Waals surface area contributed by atoms with E-state index in [9.17, 15) is 18.4 Å². The number of benzene rings is 1. The highest BCUT2D eigenvalue weighted by Crippen LogP contribution is 2.25. The first-order valence-corrected chi connectivity index (χ1v) is 10.6. The summed E-state index contributed by atoms with van der Waals surface area (Å²) >= 11 is 0. The van der Waals surface area contributed by atoms with Crippen LogP contribution in [0, 0.1) is 11.6 Å². The highest BCUT2D eigenvalue weighted by molar-refractivity contribution is 5.94. The first-order chi connectivity index (χ1) is 14.1. The summed E-state index contributed by atoms with van der Waals surface area (Å²) in [5.41, 5.74) is -0.749. The van der Waals surface area contributed by atoms with Crippen molar-refractivity contribution >= 4 is 12.0 Å². The van der Waals surface area contributed by atoms with Gasteiger partial charge in [0.1, 0.15) is 17.2 Å². The molecule has 1 aliphatic carbocycles. The summed E-state index contributed by atoms with van der Waals surface area (Å²) in [6.45, 7) is 8.48. The molecule has 0 atom stereocenters. The van der Waals surface area contributed by atoms with Crippen LogP contribution in [0.1, 0.15) is 56.8 Å². The molecule has 0 aromatic heterocycles. The minimum atomic E-state index is -0.717. The molecule has 30 heavy (non-hydrogen) atoms. The van der Waals surface area contributed by atoms with Crippen LogP contribution in [0.25, 0.3) is 0 Å². The third-order valence-electron chi connectivity index (χ3n) is 5.69. The Morgan fingerprint density at radius 2 is 1.67 bits per heavy atom. The van der Waals surface area contributed by atoms with Gasteiger partial charge in [0, 0.05) is 38.3 Å². The second-order valence-electron chi connectivity index (χ2n) is 9.11. The number of halogens is 2. The molecule has 3 rings (SSSR count). The molecular formula is C22H31F2N3O3. The van der Waals surface area contributed by atoms with E-state index >= 15 is 0 Å². The number of carbonyl (C=O) groups is 2. The smallest absolute Gasteiger partial charge is 0.410 e. The number of amides is 2. The van der Waals surface area contributed by atoms with E-state index in [0.29, 0.717) is 19.1 Å². The van der Waals surface area contributed by atoms with E-state index < -0.39 is 23.1 Å². The Kier molecular flexibility index (Phi) is 6.95. The van der Waals surface area contributed by atoms with Crippen molar-refractivity contribution in [3.05, 3.63) is 35.4 Å². The van der Waals surface area contributed by atoms with Crippen LogP contribution < -0.4 is 5.32 Å². The monoisotopic (exact) mass is 423 g/mol. The van der Waals surface area contributed by atoms with Crippen molar-refractivity contribution in [3.8, 4) is 0 Å². The molecule has 166 valence electrons. The second-order valence-corrected chi connectivity index (χ2v) is 9.11. The topological polar surface area (TPSA) is 61.9 Å². The van der Waals surface area contributed by atoms with Crippen LogP contribution in [-0.4, -0.2) is 65.7 Å². The maximum Gasteiger partial charge on any atom is 0.410 e. The Morgan fingerprint density at radius 3 is 2.27 bits per heavy atom. The molecule has 2 amide bonds. The third kappa shape index (κ3) is 5.90. The van der Waals surface area contributed by atoms with Crippen molar-refractivity contribution in [1.82, 2.24) is 15.1 Å². The predicted octanol–water partition coefficient (Wildman–Crippen LogP) is 3.56. The molecule has 0 unspecified atom stereocenters.